The van der Waals surface area contributed by atoms with Crippen LogP contribution in [0.4, 0.5) is 0 Å². The van der Waals surface area contributed by atoms with Gasteiger partial charge in [0.25, 0.3) is 0 Å². The molecule has 0 heterocycles. The van der Waals surface area contributed by atoms with Crippen LogP contribution in [0.3, 0.4) is 0 Å². The second-order valence-corrected chi connectivity index (χ2v) is 16.6. The number of hydrogen-bond acceptors (Lipinski definition) is 6. The zero-order valence-corrected chi connectivity index (χ0v) is 38.5. The van der Waals surface area contributed by atoms with E-state index in [1.165, 1.54) is 167 Å². The summed E-state index contributed by atoms with van der Waals surface area (Å²) >= 11 is 0. The molecule has 56 heavy (non-hydrogen) atoms. The molecule has 0 saturated heterocycles. The van der Waals surface area contributed by atoms with Gasteiger partial charge in [0, 0.05) is 32.7 Å². The van der Waals surface area contributed by atoms with Crippen LogP contribution in [0.5, 0.6) is 0 Å². The van der Waals surface area contributed by atoms with Crippen LogP contribution in [-0.4, -0.2) is 88.1 Å². The highest BCUT2D eigenvalue weighted by atomic mass is 16.6. The van der Waals surface area contributed by atoms with Crippen LogP contribution in [0.2, 0.25) is 0 Å². The van der Waals surface area contributed by atoms with Gasteiger partial charge in [0.15, 0.2) is 0 Å². The number of carbonyl (C=O) groups is 1. The lowest BCUT2D eigenvalue weighted by molar-refractivity contribution is -0.156. The maximum absolute atomic E-state index is 12.8. The summed E-state index contributed by atoms with van der Waals surface area (Å²) < 4.78 is 18.0. The van der Waals surface area contributed by atoms with E-state index in [0.717, 1.165) is 65.2 Å². The molecule has 0 aromatic rings. The van der Waals surface area contributed by atoms with Crippen molar-refractivity contribution in [2.24, 2.45) is 0 Å². The van der Waals surface area contributed by atoms with E-state index in [0.29, 0.717) is 19.6 Å². The van der Waals surface area contributed by atoms with E-state index in [4.69, 9.17) is 14.2 Å². The Labute approximate surface area is 350 Å². The third-order valence-corrected chi connectivity index (χ3v) is 11.1. The molecular formula is C50H98N2O4. The molecule has 6 heteroatoms. The molecule has 0 atom stereocenters. The highest BCUT2D eigenvalue weighted by molar-refractivity contribution is 5.69. The van der Waals surface area contributed by atoms with Crippen molar-refractivity contribution in [1.82, 2.24) is 9.80 Å². The molecule has 0 aromatic heterocycles. The number of esters is 1. The molecule has 0 bridgehead atoms. The zero-order valence-electron chi connectivity index (χ0n) is 38.5. The molecule has 0 aromatic carbocycles. The number of allylic oxidation sites excluding steroid dienone is 4. The summed E-state index contributed by atoms with van der Waals surface area (Å²) in [4.78, 5) is 17.6. The summed E-state index contributed by atoms with van der Waals surface area (Å²) in [6.07, 6.45) is 47.0. The van der Waals surface area contributed by atoms with Gasteiger partial charge in [-0.15, -0.1) is 0 Å². The first-order valence-corrected chi connectivity index (χ1v) is 24.6. The Kier molecular flexibility index (Phi) is 45.5. The molecule has 0 N–H and O–H groups in total. The highest BCUT2D eigenvalue weighted by Crippen LogP contribution is 2.12. The van der Waals surface area contributed by atoms with E-state index < -0.39 is 0 Å². The average Bonchev–Trinajstić information content (AvgIpc) is 3.20. The van der Waals surface area contributed by atoms with Gasteiger partial charge in [-0.2, -0.15) is 0 Å². The Morgan fingerprint density at radius 3 is 1.23 bits per heavy atom. The molecular weight excluding hydrogens is 693 g/mol. The lowest BCUT2D eigenvalue weighted by Gasteiger charge is -2.23. The van der Waals surface area contributed by atoms with Crippen LogP contribution >= 0.6 is 0 Å². The lowest BCUT2D eigenvalue weighted by Crippen LogP contribution is -2.34. The molecule has 0 amide bonds. The Morgan fingerprint density at radius 2 is 0.839 bits per heavy atom. The molecule has 0 unspecified atom stereocenters. The number of hydrogen-bond donors (Lipinski definition) is 0. The van der Waals surface area contributed by atoms with E-state index in [1.807, 2.05) is 0 Å². The minimum Gasteiger partial charge on any atom is -0.457 e. The second kappa shape index (κ2) is 46.5. The van der Waals surface area contributed by atoms with Crippen molar-refractivity contribution in [2.75, 3.05) is 66.2 Å². The molecule has 6 nitrogen and oxygen atoms in total. The first kappa shape index (κ1) is 54.8. The minimum atomic E-state index is -0.328. The molecule has 0 radical (unpaired) electrons. The van der Waals surface area contributed by atoms with Crippen LogP contribution in [0.1, 0.15) is 220 Å². The van der Waals surface area contributed by atoms with Crippen LogP contribution in [0.25, 0.3) is 0 Å². The van der Waals surface area contributed by atoms with Gasteiger partial charge in [0.1, 0.15) is 6.10 Å². The average molecular weight is 791 g/mol. The fourth-order valence-electron chi connectivity index (χ4n) is 7.15. The first-order chi connectivity index (χ1) is 27.6. The highest BCUT2D eigenvalue weighted by Gasteiger charge is 2.16. The minimum absolute atomic E-state index is 0.131. The number of ether oxygens (including phenoxy) is 3. The summed E-state index contributed by atoms with van der Waals surface area (Å²) in [5.41, 5.74) is 0. The second-order valence-electron chi connectivity index (χ2n) is 16.6. The summed E-state index contributed by atoms with van der Waals surface area (Å²) in [6.45, 7) is 16.4. The van der Waals surface area contributed by atoms with Gasteiger partial charge in [-0.1, -0.05) is 168 Å². The number of nitrogens with zero attached hydrogens (tertiary/aromatic N) is 2. The summed E-state index contributed by atoms with van der Waals surface area (Å²) in [6, 6.07) is 0. The van der Waals surface area contributed by atoms with Crippen LogP contribution in [0, 0.1) is 0 Å². The molecule has 0 rings (SSSR count). The van der Waals surface area contributed by atoms with Gasteiger partial charge in [0.2, 0.25) is 0 Å². The predicted octanol–water partition coefficient (Wildman–Crippen LogP) is 14.1. The molecule has 0 aliphatic carbocycles. The van der Waals surface area contributed by atoms with E-state index in [2.05, 4.69) is 68.8 Å². The SMILES string of the molecule is CCCCCCCC/C=C\CCCCCCCCOCC(COCCCCCCCC/C=C\CCCCCCCC)OC(=O)CCCN(C)CCN(CC)CC. The lowest BCUT2D eigenvalue weighted by atomic mass is 10.1. The van der Waals surface area contributed by atoms with E-state index in [9.17, 15) is 4.79 Å². The van der Waals surface area contributed by atoms with Crippen molar-refractivity contribution < 1.29 is 19.0 Å². The molecule has 0 aliphatic rings. The van der Waals surface area contributed by atoms with Crippen molar-refractivity contribution >= 4 is 5.97 Å². The Hall–Kier alpha value is -1.21. The summed E-state index contributed by atoms with van der Waals surface area (Å²) in [7, 11) is 2.14. The topological polar surface area (TPSA) is 51.2 Å². The number of rotatable bonds is 46. The standard InChI is InChI=1S/C50H98N2O4/c1-6-10-12-14-16-18-20-22-24-26-28-30-32-34-36-38-45-54-47-49(56-50(53)41-40-42-51(5)43-44-52(8-3)9-4)48-55-46-39-37-35-33-31-29-27-25-23-21-19-17-15-13-11-7-2/h22-25,49H,6-21,26-48H2,1-5H3/b24-22-,25-23-. The number of likely N-dealkylation sites (N-methyl/N-ethyl adjacent to an activating group) is 2. The Bertz CT molecular complexity index is 784. The molecule has 0 fully saturated rings. The molecule has 332 valence electrons. The van der Waals surface area contributed by atoms with E-state index in [1.54, 1.807) is 0 Å². The largest absolute Gasteiger partial charge is 0.457 e. The fourth-order valence-corrected chi connectivity index (χ4v) is 7.15. The van der Waals surface area contributed by atoms with Crippen molar-refractivity contribution in [3.05, 3.63) is 24.3 Å². The maximum Gasteiger partial charge on any atom is 0.306 e. The maximum atomic E-state index is 12.8. The van der Waals surface area contributed by atoms with Gasteiger partial charge < -0.3 is 24.0 Å². The van der Waals surface area contributed by atoms with Crippen molar-refractivity contribution in [1.29, 1.82) is 0 Å². The molecule has 0 aliphatic heterocycles. The van der Waals surface area contributed by atoms with Gasteiger partial charge in [-0.25, -0.2) is 0 Å². The van der Waals surface area contributed by atoms with Gasteiger partial charge >= 0.3 is 5.97 Å². The number of unbranched alkanes of at least 4 members (excludes halogenated alkanes) is 24. The van der Waals surface area contributed by atoms with Gasteiger partial charge in [0.05, 0.1) is 13.2 Å². The summed E-state index contributed by atoms with van der Waals surface area (Å²) in [5.74, 6) is -0.131. The van der Waals surface area contributed by atoms with Crippen molar-refractivity contribution in [3.63, 3.8) is 0 Å². The van der Waals surface area contributed by atoms with Crippen molar-refractivity contribution in [2.45, 2.75) is 226 Å². The Morgan fingerprint density at radius 1 is 0.464 bits per heavy atom. The van der Waals surface area contributed by atoms with Crippen LogP contribution < -0.4 is 0 Å². The normalized spacial score (nSPS) is 12.1. The van der Waals surface area contributed by atoms with Gasteiger partial charge in [-0.3, -0.25) is 4.79 Å². The third kappa shape index (κ3) is 42.4. The number of carbonyl (C=O) groups excluding carboxylic acids is 1. The Balaban J connectivity index is 4.18. The monoisotopic (exact) mass is 791 g/mol. The van der Waals surface area contributed by atoms with Crippen LogP contribution in [-0.2, 0) is 19.0 Å². The van der Waals surface area contributed by atoms with Gasteiger partial charge in [-0.05, 0) is 97.3 Å². The van der Waals surface area contributed by atoms with E-state index in [-0.39, 0.29) is 12.1 Å². The predicted molar refractivity (Wildman–Crippen MR) is 245 cm³/mol. The van der Waals surface area contributed by atoms with E-state index >= 15 is 0 Å². The summed E-state index contributed by atoms with van der Waals surface area (Å²) in [5, 5.41) is 0. The molecule has 0 saturated carbocycles. The quantitative estimate of drug-likeness (QED) is 0.0348. The third-order valence-electron chi connectivity index (χ3n) is 11.1. The zero-order chi connectivity index (χ0) is 40.8. The van der Waals surface area contributed by atoms with Crippen molar-refractivity contribution in [3.8, 4) is 0 Å². The smallest absolute Gasteiger partial charge is 0.306 e. The first-order valence-electron chi connectivity index (χ1n) is 24.6. The molecule has 0 spiro atoms. The fraction of sp³-hybridized carbons (Fsp3) is 0.900. The van der Waals surface area contributed by atoms with Crippen LogP contribution in [0.15, 0.2) is 24.3 Å².